The van der Waals surface area contributed by atoms with E-state index in [0.29, 0.717) is 25.3 Å². The lowest BCUT2D eigenvalue weighted by atomic mass is 9.99. The molecular formula is C26H38N4O3. The maximum Gasteiger partial charge on any atom is 0.271 e. The van der Waals surface area contributed by atoms with Gasteiger partial charge in [0.05, 0.1) is 12.1 Å². The third-order valence-electron chi connectivity index (χ3n) is 7.20. The fourth-order valence-corrected chi connectivity index (χ4v) is 5.19. The first-order chi connectivity index (χ1) is 16.0. The van der Waals surface area contributed by atoms with E-state index in [1.54, 1.807) is 4.90 Å². The SMILES string of the molecule is CCCCCC1CN(CC(=O)N2CCCC(CO)C2)C(=O)C2=CC(c3ccc(C)cc3)NN21. The van der Waals surface area contributed by atoms with Crippen LogP contribution < -0.4 is 5.43 Å². The third-order valence-corrected chi connectivity index (χ3v) is 7.20. The van der Waals surface area contributed by atoms with Gasteiger partial charge in [-0.05, 0) is 43.7 Å². The Labute approximate surface area is 197 Å². The number of benzene rings is 1. The standard InChI is InChI=1S/C26H38N4O3/c1-3-4-5-8-22-16-29(17-25(32)28-13-6-7-20(15-28)18-31)26(33)24-14-23(27-30(22)24)21-11-9-19(2)10-12-21/h9-12,14,20,22-23,27,31H,3-8,13,15-18H2,1-2H3. The molecule has 2 fully saturated rings. The Morgan fingerprint density at radius 1 is 1.18 bits per heavy atom. The summed E-state index contributed by atoms with van der Waals surface area (Å²) in [7, 11) is 0. The number of aliphatic hydroxyl groups excluding tert-OH is 1. The highest BCUT2D eigenvalue weighted by atomic mass is 16.3. The molecule has 2 amide bonds. The summed E-state index contributed by atoms with van der Waals surface area (Å²) in [5.74, 6) is 0.0610. The molecule has 0 spiro atoms. The zero-order valence-corrected chi connectivity index (χ0v) is 20.0. The normalized spacial score (nSPS) is 25.3. The molecule has 3 aliphatic rings. The van der Waals surface area contributed by atoms with Gasteiger partial charge in [0.2, 0.25) is 5.91 Å². The van der Waals surface area contributed by atoms with Crippen LogP contribution in [0.1, 0.15) is 62.6 Å². The number of amides is 2. The van der Waals surface area contributed by atoms with E-state index >= 15 is 0 Å². The van der Waals surface area contributed by atoms with Gasteiger partial charge in [-0.25, -0.2) is 5.43 Å². The van der Waals surface area contributed by atoms with Gasteiger partial charge < -0.3 is 14.9 Å². The number of aryl methyl sites for hydroxylation is 1. The van der Waals surface area contributed by atoms with E-state index in [1.807, 2.05) is 11.0 Å². The summed E-state index contributed by atoms with van der Waals surface area (Å²) in [5.41, 5.74) is 6.56. The molecule has 3 unspecified atom stereocenters. The highest BCUT2D eigenvalue weighted by molar-refractivity contribution is 5.96. The highest BCUT2D eigenvalue weighted by Crippen LogP contribution is 2.32. The Bertz CT molecular complexity index is 869. The minimum Gasteiger partial charge on any atom is -0.396 e. The molecule has 2 saturated heterocycles. The van der Waals surface area contributed by atoms with Crippen molar-refractivity contribution in [1.82, 2.24) is 20.2 Å². The van der Waals surface area contributed by atoms with E-state index in [4.69, 9.17) is 0 Å². The van der Waals surface area contributed by atoms with Crippen molar-refractivity contribution >= 4 is 11.8 Å². The van der Waals surface area contributed by atoms with E-state index in [0.717, 1.165) is 44.1 Å². The average molecular weight is 455 g/mol. The Morgan fingerprint density at radius 2 is 1.97 bits per heavy atom. The van der Waals surface area contributed by atoms with Crippen molar-refractivity contribution in [3.8, 4) is 0 Å². The van der Waals surface area contributed by atoms with E-state index in [9.17, 15) is 14.7 Å². The zero-order chi connectivity index (χ0) is 23.4. The molecule has 0 bridgehead atoms. The van der Waals surface area contributed by atoms with Gasteiger partial charge in [-0.15, -0.1) is 0 Å². The fourth-order valence-electron chi connectivity index (χ4n) is 5.19. The molecule has 0 radical (unpaired) electrons. The van der Waals surface area contributed by atoms with Gasteiger partial charge in [-0.3, -0.25) is 14.6 Å². The summed E-state index contributed by atoms with van der Waals surface area (Å²) in [6.07, 6.45) is 8.27. The molecule has 2 N–H and O–H groups in total. The smallest absolute Gasteiger partial charge is 0.271 e. The lowest BCUT2D eigenvalue weighted by Crippen LogP contribution is -2.58. The number of likely N-dealkylation sites (tertiary alicyclic amines) is 1. The van der Waals surface area contributed by atoms with Crippen LogP contribution in [0, 0.1) is 12.8 Å². The number of piperidine rings is 1. The van der Waals surface area contributed by atoms with Crippen molar-refractivity contribution in [1.29, 1.82) is 0 Å². The number of unbranched alkanes of at least 4 members (excludes halogenated alkanes) is 2. The molecular weight excluding hydrogens is 416 g/mol. The first-order valence-corrected chi connectivity index (χ1v) is 12.5. The predicted molar refractivity (Wildman–Crippen MR) is 128 cm³/mol. The van der Waals surface area contributed by atoms with Crippen molar-refractivity contribution in [2.45, 2.75) is 64.5 Å². The first-order valence-electron chi connectivity index (χ1n) is 12.5. The molecule has 3 atom stereocenters. The number of piperazine rings is 1. The lowest BCUT2D eigenvalue weighted by Gasteiger charge is -2.42. The number of carbonyl (C=O) groups excluding carboxylic acids is 2. The van der Waals surface area contributed by atoms with Crippen LogP contribution in [0.2, 0.25) is 0 Å². The molecule has 7 nitrogen and oxygen atoms in total. The van der Waals surface area contributed by atoms with Gasteiger partial charge in [-0.1, -0.05) is 56.0 Å². The molecule has 180 valence electrons. The quantitative estimate of drug-likeness (QED) is 0.591. The molecule has 1 aromatic rings. The third kappa shape index (κ3) is 5.41. The first kappa shape index (κ1) is 23.8. The van der Waals surface area contributed by atoms with Crippen LogP contribution in [-0.2, 0) is 9.59 Å². The maximum atomic E-state index is 13.4. The largest absolute Gasteiger partial charge is 0.396 e. The van der Waals surface area contributed by atoms with Gasteiger partial charge in [-0.2, -0.15) is 0 Å². The Kier molecular flexibility index (Phi) is 7.71. The summed E-state index contributed by atoms with van der Waals surface area (Å²) >= 11 is 0. The number of hydrogen-bond donors (Lipinski definition) is 2. The fraction of sp³-hybridized carbons (Fsp3) is 0.615. The molecule has 7 heteroatoms. The molecule has 3 aliphatic heterocycles. The van der Waals surface area contributed by atoms with Crippen molar-refractivity contribution in [2.24, 2.45) is 5.92 Å². The van der Waals surface area contributed by atoms with Gasteiger partial charge in [0, 0.05) is 26.2 Å². The average Bonchev–Trinajstić information content (AvgIpc) is 3.28. The number of nitrogens with one attached hydrogen (secondary N) is 1. The van der Waals surface area contributed by atoms with Crippen LogP contribution in [0.5, 0.6) is 0 Å². The van der Waals surface area contributed by atoms with Crippen LogP contribution in [0.25, 0.3) is 0 Å². The van der Waals surface area contributed by atoms with E-state index in [2.05, 4.69) is 48.5 Å². The minimum atomic E-state index is -0.0760. The second kappa shape index (κ2) is 10.7. The Hall–Kier alpha value is -2.38. The van der Waals surface area contributed by atoms with Crippen molar-refractivity contribution < 1.29 is 14.7 Å². The monoisotopic (exact) mass is 454 g/mol. The number of hydrazine groups is 1. The van der Waals surface area contributed by atoms with Crippen LogP contribution >= 0.6 is 0 Å². The van der Waals surface area contributed by atoms with Crippen LogP contribution in [0.3, 0.4) is 0 Å². The molecule has 1 aromatic carbocycles. The van der Waals surface area contributed by atoms with Gasteiger partial charge in [0.25, 0.3) is 5.91 Å². The van der Waals surface area contributed by atoms with Crippen LogP contribution in [0.15, 0.2) is 36.0 Å². The summed E-state index contributed by atoms with van der Waals surface area (Å²) < 4.78 is 0. The summed E-state index contributed by atoms with van der Waals surface area (Å²) in [6.45, 7) is 6.34. The van der Waals surface area contributed by atoms with Gasteiger partial charge in [0.15, 0.2) is 0 Å². The van der Waals surface area contributed by atoms with Gasteiger partial charge >= 0.3 is 0 Å². The molecule has 0 aliphatic carbocycles. The topological polar surface area (TPSA) is 76.1 Å². The summed E-state index contributed by atoms with van der Waals surface area (Å²) in [5, 5.41) is 11.6. The predicted octanol–water partition coefficient (Wildman–Crippen LogP) is 2.76. The molecule has 33 heavy (non-hydrogen) atoms. The van der Waals surface area contributed by atoms with Crippen LogP contribution in [0.4, 0.5) is 0 Å². The van der Waals surface area contributed by atoms with Crippen LogP contribution in [-0.4, -0.2) is 70.6 Å². The van der Waals surface area contributed by atoms with Crippen molar-refractivity contribution in [3.63, 3.8) is 0 Å². The number of carbonyl (C=O) groups is 2. The number of fused-ring (bicyclic) bond motifs is 1. The summed E-state index contributed by atoms with van der Waals surface area (Å²) in [4.78, 5) is 30.0. The molecule has 0 saturated carbocycles. The Balaban J connectivity index is 1.50. The number of nitrogens with zero attached hydrogens (tertiary/aromatic N) is 3. The number of aliphatic hydroxyl groups is 1. The van der Waals surface area contributed by atoms with Crippen molar-refractivity contribution in [3.05, 3.63) is 47.2 Å². The number of hydrogen-bond acceptors (Lipinski definition) is 5. The zero-order valence-electron chi connectivity index (χ0n) is 20.0. The molecule has 0 aromatic heterocycles. The molecule has 4 rings (SSSR count). The second-order valence-electron chi connectivity index (χ2n) is 9.81. The highest BCUT2D eigenvalue weighted by Gasteiger charge is 2.41. The Morgan fingerprint density at radius 3 is 2.70 bits per heavy atom. The van der Waals surface area contributed by atoms with Crippen molar-refractivity contribution in [2.75, 3.05) is 32.8 Å². The minimum absolute atomic E-state index is 0.0103. The number of rotatable bonds is 8. The maximum absolute atomic E-state index is 13.4. The lowest BCUT2D eigenvalue weighted by molar-refractivity contribution is -0.144. The van der Waals surface area contributed by atoms with Gasteiger partial charge in [0.1, 0.15) is 12.2 Å². The molecule has 3 heterocycles. The second-order valence-corrected chi connectivity index (χ2v) is 9.81. The van der Waals surface area contributed by atoms with E-state index < -0.39 is 0 Å². The van der Waals surface area contributed by atoms with E-state index in [-0.39, 0.29) is 43.0 Å². The van der Waals surface area contributed by atoms with E-state index in [1.165, 1.54) is 5.56 Å². The summed E-state index contributed by atoms with van der Waals surface area (Å²) in [6, 6.07) is 8.51.